The number of nitrogens with one attached hydrogen (secondary N) is 1. The summed E-state index contributed by atoms with van der Waals surface area (Å²) >= 11 is 11.9. The first-order valence-corrected chi connectivity index (χ1v) is 8.47. The summed E-state index contributed by atoms with van der Waals surface area (Å²) in [5, 5.41) is 14.5. The molecule has 3 rings (SSSR count). The zero-order valence-corrected chi connectivity index (χ0v) is 15.2. The van der Waals surface area contributed by atoms with Gasteiger partial charge in [-0.25, -0.2) is 0 Å². The van der Waals surface area contributed by atoms with Gasteiger partial charge in [0.2, 0.25) is 5.91 Å². The third-order valence-corrected chi connectivity index (χ3v) is 4.14. The number of hydrogen-bond donors (Lipinski definition) is 1. The molecular formula is C19H12Cl2N2O4. The fourth-order valence-corrected chi connectivity index (χ4v) is 2.69. The Hall–Kier alpha value is -3.09. The molecule has 0 radical (unpaired) electrons. The summed E-state index contributed by atoms with van der Waals surface area (Å²) in [7, 11) is 0. The molecule has 0 spiro atoms. The molecule has 0 fully saturated rings. The first kappa shape index (κ1) is 18.7. The predicted octanol–water partition coefficient (Wildman–Crippen LogP) is 5.81. The molecule has 0 atom stereocenters. The largest absolute Gasteiger partial charge is 0.456 e. The third kappa shape index (κ3) is 4.55. The first-order valence-electron chi connectivity index (χ1n) is 7.72. The van der Waals surface area contributed by atoms with Crippen molar-refractivity contribution in [2.75, 3.05) is 5.32 Å². The van der Waals surface area contributed by atoms with E-state index in [-0.39, 0.29) is 5.69 Å². The zero-order chi connectivity index (χ0) is 19.4. The van der Waals surface area contributed by atoms with Crippen LogP contribution in [0.1, 0.15) is 5.76 Å². The molecule has 27 heavy (non-hydrogen) atoms. The second kappa shape index (κ2) is 8.07. The Bertz CT molecular complexity index is 1040. The highest BCUT2D eigenvalue weighted by Gasteiger charge is 2.16. The monoisotopic (exact) mass is 402 g/mol. The first-order chi connectivity index (χ1) is 12.9. The number of anilines is 1. The number of hydrogen-bond acceptors (Lipinski definition) is 4. The summed E-state index contributed by atoms with van der Waals surface area (Å²) in [5.74, 6) is 0.276. The van der Waals surface area contributed by atoms with Crippen molar-refractivity contribution in [3.8, 4) is 11.3 Å². The molecule has 0 saturated heterocycles. The maximum atomic E-state index is 12.0. The molecule has 1 N–H and O–H groups in total. The number of para-hydroxylation sites is 1. The molecule has 0 unspecified atom stereocenters. The summed E-state index contributed by atoms with van der Waals surface area (Å²) in [6.07, 6.45) is 2.71. The molecule has 0 aliphatic heterocycles. The molecule has 0 aliphatic carbocycles. The van der Waals surface area contributed by atoms with Gasteiger partial charge in [0.1, 0.15) is 11.5 Å². The van der Waals surface area contributed by atoms with E-state index in [4.69, 9.17) is 27.6 Å². The van der Waals surface area contributed by atoms with Crippen LogP contribution in [0.15, 0.2) is 65.1 Å². The summed E-state index contributed by atoms with van der Waals surface area (Å²) in [4.78, 5) is 22.7. The smallest absolute Gasteiger partial charge is 0.280 e. The molecule has 0 aliphatic rings. The number of nitro benzene ring substituents is 1. The Morgan fingerprint density at radius 3 is 2.67 bits per heavy atom. The summed E-state index contributed by atoms with van der Waals surface area (Å²) in [5.41, 5.74) is 0.687. The van der Waals surface area contributed by atoms with E-state index in [9.17, 15) is 14.9 Å². The molecule has 0 bridgehead atoms. The standard InChI is InChI=1S/C19H12Cl2N2O4/c20-12-5-8-15(21)16(11-12)22-19(24)10-7-13-6-9-18(27-13)14-3-1-2-4-17(14)23(25)26/h1-11H,(H,22,24)/b10-7-. The molecule has 8 heteroatoms. The summed E-state index contributed by atoms with van der Waals surface area (Å²) in [6.45, 7) is 0. The zero-order valence-electron chi connectivity index (χ0n) is 13.7. The lowest BCUT2D eigenvalue weighted by Crippen LogP contribution is -2.08. The Kier molecular flexibility index (Phi) is 5.59. The molecule has 3 aromatic rings. The quantitative estimate of drug-likeness (QED) is 0.331. The van der Waals surface area contributed by atoms with Gasteiger partial charge in [-0.15, -0.1) is 0 Å². The van der Waals surface area contributed by atoms with E-state index >= 15 is 0 Å². The van der Waals surface area contributed by atoms with Gasteiger partial charge in [-0.1, -0.05) is 35.3 Å². The number of benzene rings is 2. The fraction of sp³-hybridized carbons (Fsp3) is 0. The van der Waals surface area contributed by atoms with E-state index < -0.39 is 10.8 Å². The van der Waals surface area contributed by atoms with Crippen LogP contribution in [0.2, 0.25) is 10.0 Å². The maximum Gasteiger partial charge on any atom is 0.280 e. The van der Waals surface area contributed by atoms with E-state index in [0.29, 0.717) is 32.8 Å². The normalized spacial score (nSPS) is 10.9. The lowest BCUT2D eigenvalue weighted by molar-refractivity contribution is -0.384. The molecule has 136 valence electrons. The number of nitro groups is 1. The van der Waals surface area contributed by atoms with Crippen LogP contribution in [0.3, 0.4) is 0 Å². The highest BCUT2D eigenvalue weighted by molar-refractivity contribution is 6.35. The summed E-state index contributed by atoms with van der Waals surface area (Å²) in [6, 6.07) is 14.2. The van der Waals surface area contributed by atoms with Crippen molar-refractivity contribution in [3.05, 3.63) is 86.6 Å². The van der Waals surface area contributed by atoms with Crippen LogP contribution in [0.25, 0.3) is 17.4 Å². The third-order valence-electron chi connectivity index (χ3n) is 3.58. The Morgan fingerprint density at radius 2 is 1.89 bits per heavy atom. The van der Waals surface area contributed by atoms with E-state index in [1.54, 1.807) is 42.5 Å². The van der Waals surface area contributed by atoms with Crippen LogP contribution in [0, 0.1) is 10.1 Å². The van der Waals surface area contributed by atoms with Gasteiger partial charge in [-0.2, -0.15) is 0 Å². The molecule has 1 aromatic heterocycles. The van der Waals surface area contributed by atoms with Crippen molar-refractivity contribution in [1.82, 2.24) is 0 Å². The van der Waals surface area contributed by atoms with E-state index in [0.717, 1.165) is 0 Å². The Morgan fingerprint density at radius 1 is 1.11 bits per heavy atom. The van der Waals surface area contributed by atoms with Crippen LogP contribution in [0.5, 0.6) is 0 Å². The van der Waals surface area contributed by atoms with Crippen LogP contribution >= 0.6 is 23.2 Å². The van der Waals surface area contributed by atoms with Crippen molar-refractivity contribution in [3.63, 3.8) is 0 Å². The Balaban J connectivity index is 1.75. The van der Waals surface area contributed by atoms with Crippen LogP contribution < -0.4 is 5.32 Å². The van der Waals surface area contributed by atoms with Crippen LogP contribution in [-0.2, 0) is 4.79 Å². The van der Waals surface area contributed by atoms with Crippen LogP contribution in [0.4, 0.5) is 11.4 Å². The van der Waals surface area contributed by atoms with Gasteiger partial charge >= 0.3 is 0 Å². The summed E-state index contributed by atoms with van der Waals surface area (Å²) < 4.78 is 5.59. The molecule has 6 nitrogen and oxygen atoms in total. The van der Waals surface area contributed by atoms with Gasteiger partial charge in [-0.05, 0) is 42.5 Å². The van der Waals surface area contributed by atoms with Crippen molar-refractivity contribution in [2.45, 2.75) is 0 Å². The molecule has 1 heterocycles. The van der Waals surface area contributed by atoms with Gasteiger partial charge in [0.15, 0.2) is 0 Å². The lowest BCUT2D eigenvalue weighted by atomic mass is 10.1. The highest BCUT2D eigenvalue weighted by atomic mass is 35.5. The second-order valence-corrected chi connectivity index (χ2v) is 6.27. The van der Waals surface area contributed by atoms with Crippen molar-refractivity contribution in [1.29, 1.82) is 0 Å². The number of carbonyl (C=O) groups excluding carboxylic acids is 1. The molecule has 2 aromatic carbocycles. The predicted molar refractivity (Wildman–Crippen MR) is 105 cm³/mol. The van der Waals surface area contributed by atoms with Crippen molar-refractivity contribution >= 4 is 46.6 Å². The van der Waals surface area contributed by atoms with Crippen molar-refractivity contribution < 1.29 is 14.1 Å². The molecule has 0 saturated carbocycles. The average Bonchev–Trinajstić information content (AvgIpc) is 3.12. The number of furan rings is 1. The van der Waals surface area contributed by atoms with E-state index in [1.165, 1.54) is 24.3 Å². The molecular weight excluding hydrogens is 391 g/mol. The van der Waals surface area contributed by atoms with Crippen LogP contribution in [-0.4, -0.2) is 10.8 Å². The van der Waals surface area contributed by atoms with Gasteiger partial charge in [0.25, 0.3) is 5.69 Å². The minimum atomic E-state index is -0.477. The van der Waals surface area contributed by atoms with Crippen molar-refractivity contribution in [2.24, 2.45) is 0 Å². The van der Waals surface area contributed by atoms with Gasteiger partial charge < -0.3 is 9.73 Å². The lowest BCUT2D eigenvalue weighted by Gasteiger charge is -2.04. The fourth-order valence-electron chi connectivity index (χ4n) is 2.35. The highest BCUT2D eigenvalue weighted by Crippen LogP contribution is 2.31. The van der Waals surface area contributed by atoms with E-state index in [2.05, 4.69) is 5.32 Å². The van der Waals surface area contributed by atoms with Gasteiger partial charge in [-0.3, -0.25) is 14.9 Å². The number of amides is 1. The number of nitrogens with zero attached hydrogens (tertiary/aromatic N) is 1. The number of carbonyl (C=O) groups is 1. The topological polar surface area (TPSA) is 85.4 Å². The molecule has 1 amide bonds. The van der Waals surface area contributed by atoms with Gasteiger partial charge in [0.05, 0.1) is 21.2 Å². The minimum absolute atomic E-state index is 0.0595. The maximum absolute atomic E-state index is 12.0. The SMILES string of the molecule is O=C(/C=C\c1ccc(-c2ccccc2[N+](=O)[O-])o1)Nc1cc(Cl)ccc1Cl. The number of rotatable bonds is 5. The Labute approximate surface area is 164 Å². The average molecular weight is 403 g/mol. The second-order valence-electron chi connectivity index (χ2n) is 5.42. The number of halogens is 2. The van der Waals surface area contributed by atoms with Gasteiger partial charge in [0, 0.05) is 17.2 Å². The van der Waals surface area contributed by atoms with E-state index in [1.807, 2.05) is 0 Å². The minimum Gasteiger partial charge on any atom is -0.456 e.